The topological polar surface area (TPSA) is 101 Å². The molecule has 0 unspecified atom stereocenters. The molecule has 4 rings (SSSR count). The second kappa shape index (κ2) is 6.28. The van der Waals surface area contributed by atoms with Crippen LogP contribution in [0.4, 0.5) is 5.69 Å². The van der Waals surface area contributed by atoms with E-state index in [0.29, 0.717) is 40.3 Å². The number of hydrogen-bond acceptors (Lipinski definition) is 5. The number of aromatic amines is 1. The minimum absolute atomic E-state index is 0.208. The van der Waals surface area contributed by atoms with E-state index < -0.39 is 10.0 Å². The van der Waals surface area contributed by atoms with E-state index in [1.807, 2.05) is 6.07 Å². The molecule has 2 N–H and O–H groups in total. The summed E-state index contributed by atoms with van der Waals surface area (Å²) in [6.07, 6.45) is 3.30. The highest BCUT2D eigenvalue weighted by Crippen LogP contribution is 2.37. The first-order valence-corrected chi connectivity index (χ1v) is 10.0. The number of rotatable bonds is 5. The zero-order valence-corrected chi connectivity index (χ0v) is 15.4. The molecule has 0 amide bonds. The SMILES string of the molecule is Cc1[nH]c(-c2nnc(C3CCC3)o2)c(C)c1S(=O)(=O)Nc1ccccc1. The quantitative estimate of drug-likeness (QED) is 0.710. The van der Waals surface area contributed by atoms with Crippen molar-refractivity contribution < 1.29 is 12.8 Å². The summed E-state index contributed by atoms with van der Waals surface area (Å²) in [6, 6.07) is 8.80. The first-order chi connectivity index (χ1) is 12.5. The predicted molar refractivity (Wildman–Crippen MR) is 97.4 cm³/mol. The Balaban J connectivity index is 1.69. The largest absolute Gasteiger partial charge is 0.419 e. The van der Waals surface area contributed by atoms with E-state index in [1.165, 1.54) is 6.42 Å². The van der Waals surface area contributed by atoms with Gasteiger partial charge in [0.25, 0.3) is 15.9 Å². The highest BCUT2D eigenvalue weighted by atomic mass is 32.2. The van der Waals surface area contributed by atoms with Crippen molar-refractivity contribution in [1.82, 2.24) is 15.2 Å². The Morgan fingerprint density at radius 2 is 1.88 bits per heavy atom. The number of benzene rings is 1. The molecule has 0 bridgehead atoms. The summed E-state index contributed by atoms with van der Waals surface area (Å²) in [6.45, 7) is 3.46. The van der Waals surface area contributed by atoms with Gasteiger partial charge in [0.2, 0.25) is 5.89 Å². The van der Waals surface area contributed by atoms with Crippen LogP contribution in [0, 0.1) is 13.8 Å². The van der Waals surface area contributed by atoms with Gasteiger partial charge in [-0.3, -0.25) is 4.72 Å². The number of nitrogens with one attached hydrogen (secondary N) is 2. The second-order valence-electron chi connectivity index (χ2n) is 6.62. The van der Waals surface area contributed by atoms with Crippen molar-refractivity contribution in [2.45, 2.75) is 43.9 Å². The fourth-order valence-corrected chi connectivity index (χ4v) is 4.73. The molecule has 136 valence electrons. The zero-order chi connectivity index (χ0) is 18.3. The van der Waals surface area contributed by atoms with Crippen molar-refractivity contribution >= 4 is 15.7 Å². The van der Waals surface area contributed by atoms with Crippen molar-refractivity contribution in [3.05, 3.63) is 47.5 Å². The molecule has 0 radical (unpaired) electrons. The number of H-pyrrole nitrogens is 1. The Bertz CT molecular complexity index is 1030. The fourth-order valence-electron chi connectivity index (χ4n) is 3.22. The Kier molecular flexibility index (Phi) is 4.07. The van der Waals surface area contributed by atoms with Gasteiger partial charge in [0.05, 0.1) is 0 Å². The standard InChI is InChI=1S/C18H20N4O3S/c1-11-15(18-21-20-17(25-18)13-7-6-8-13)19-12(2)16(11)26(23,24)22-14-9-4-3-5-10-14/h3-5,9-10,13,19,22H,6-8H2,1-2H3. The van der Waals surface area contributed by atoms with E-state index in [-0.39, 0.29) is 4.90 Å². The van der Waals surface area contributed by atoms with Gasteiger partial charge in [-0.2, -0.15) is 0 Å². The van der Waals surface area contributed by atoms with Gasteiger partial charge < -0.3 is 9.40 Å². The molecule has 0 saturated heterocycles. The Hall–Kier alpha value is -2.61. The molecule has 1 fully saturated rings. The summed E-state index contributed by atoms with van der Waals surface area (Å²) < 4.78 is 34.1. The Labute approximate surface area is 151 Å². The molecule has 1 aromatic carbocycles. The molecule has 0 spiro atoms. The lowest BCUT2D eigenvalue weighted by molar-refractivity contribution is 0.338. The number of aromatic nitrogens is 3. The number of aryl methyl sites for hydroxylation is 1. The summed E-state index contributed by atoms with van der Waals surface area (Å²) in [5.74, 6) is 1.29. The maximum absolute atomic E-state index is 12.9. The van der Waals surface area contributed by atoms with E-state index in [9.17, 15) is 8.42 Å². The van der Waals surface area contributed by atoms with Crippen LogP contribution in [0.3, 0.4) is 0 Å². The number of anilines is 1. The van der Waals surface area contributed by atoms with Gasteiger partial charge in [0.15, 0.2) is 0 Å². The summed E-state index contributed by atoms with van der Waals surface area (Å²) in [5, 5.41) is 8.23. The molecule has 0 atom stereocenters. The van der Waals surface area contributed by atoms with Crippen LogP contribution in [0.5, 0.6) is 0 Å². The summed E-state index contributed by atoms with van der Waals surface area (Å²) in [7, 11) is -3.74. The van der Waals surface area contributed by atoms with Crippen molar-refractivity contribution in [2.75, 3.05) is 4.72 Å². The highest BCUT2D eigenvalue weighted by Gasteiger charge is 2.29. The first kappa shape index (κ1) is 16.8. The molecule has 1 aliphatic carbocycles. The lowest BCUT2D eigenvalue weighted by Gasteiger charge is -2.20. The smallest absolute Gasteiger partial charge is 0.264 e. The maximum atomic E-state index is 12.9. The van der Waals surface area contributed by atoms with Gasteiger partial charge in [-0.1, -0.05) is 24.6 Å². The van der Waals surface area contributed by atoms with Gasteiger partial charge in [0, 0.05) is 22.9 Å². The average Bonchev–Trinajstić information content (AvgIpc) is 3.11. The van der Waals surface area contributed by atoms with E-state index in [4.69, 9.17) is 4.42 Å². The van der Waals surface area contributed by atoms with Crippen LogP contribution in [-0.4, -0.2) is 23.6 Å². The number of sulfonamides is 1. The van der Waals surface area contributed by atoms with Crippen molar-refractivity contribution in [3.63, 3.8) is 0 Å². The van der Waals surface area contributed by atoms with Gasteiger partial charge in [-0.15, -0.1) is 10.2 Å². The van der Waals surface area contributed by atoms with Crippen LogP contribution < -0.4 is 4.72 Å². The summed E-state index contributed by atoms with van der Waals surface area (Å²) in [4.78, 5) is 3.30. The fraction of sp³-hybridized carbons (Fsp3) is 0.333. The lowest BCUT2D eigenvalue weighted by atomic mass is 9.85. The molecule has 3 aromatic rings. The predicted octanol–water partition coefficient (Wildman–Crippen LogP) is 3.75. The second-order valence-corrected chi connectivity index (χ2v) is 8.24. The van der Waals surface area contributed by atoms with E-state index in [0.717, 1.165) is 12.8 Å². The molecule has 1 saturated carbocycles. The maximum Gasteiger partial charge on any atom is 0.264 e. The summed E-state index contributed by atoms with van der Waals surface area (Å²) in [5.41, 5.74) is 2.16. The molecular formula is C18H20N4O3S. The molecule has 26 heavy (non-hydrogen) atoms. The third-order valence-electron chi connectivity index (χ3n) is 4.77. The minimum atomic E-state index is -3.74. The molecule has 7 nitrogen and oxygen atoms in total. The monoisotopic (exact) mass is 372 g/mol. The van der Waals surface area contributed by atoms with Crippen molar-refractivity contribution in [1.29, 1.82) is 0 Å². The molecule has 1 aliphatic rings. The van der Waals surface area contributed by atoms with E-state index in [2.05, 4.69) is 19.9 Å². The minimum Gasteiger partial charge on any atom is -0.419 e. The van der Waals surface area contributed by atoms with Crippen LogP contribution in [0.2, 0.25) is 0 Å². The van der Waals surface area contributed by atoms with Crippen LogP contribution in [0.15, 0.2) is 39.6 Å². The highest BCUT2D eigenvalue weighted by molar-refractivity contribution is 7.92. The molecule has 0 aliphatic heterocycles. The van der Waals surface area contributed by atoms with Gasteiger partial charge in [-0.05, 0) is 38.8 Å². The molecule has 8 heteroatoms. The third kappa shape index (κ3) is 2.90. The van der Waals surface area contributed by atoms with Crippen LogP contribution in [0.25, 0.3) is 11.6 Å². The van der Waals surface area contributed by atoms with Crippen molar-refractivity contribution in [3.8, 4) is 11.6 Å². The molecular weight excluding hydrogens is 352 g/mol. The van der Waals surface area contributed by atoms with E-state index in [1.54, 1.807) is 38.1 Å². The van der Waals surface area contributed by atoms with Crippen LogP contribution >= 0.6 is 0 Å². The number of nitrogens with zero attached hydrogens (tertiary/aromatic N) is 2. The third-order valence-corrected chi connectivity index (χ3v) is 6.43. The van der Waals surface area contributed by atoms with Crippen LogP contribution in [-0.2, 0) is 10.0 Å². The molecule has 2 aromatic heterocycles. The Morgan fingerprint density at radius 1 is 1.15 bits per heavy atom. The van der Waals surface area contributed by atoms with Crippen molar-refractivity contribution in [2.24, 2.45) is 0 Å². The normalized spacial score (nSPS) is 15.0. The van der Waals surface area contributed by atoms with Crippen LogP contribution in [0.1, 0.15) is 42.3 Å². The van der Waals surface area contributed by atoms with E-state index >= 15 is 0 Å². The van der Waals surface area contributed by atoms with Gasteiger partial charge >= 0.3 is 0 Å². The lowest BCUT2D eigenvalue weighted by Crippen LogP contribution is -2.14. The van der Waals surface area contributed by atoms with Gasteiger partial charge in [-0.25, -0.2) is 8.42 Å². The average molecular weight is 372 g/mol. The zero-order valence-electron chi connectivity index (χ0n) is 14.6. The molecule has 2 heterocycles. The van der Waals surface area contributed by atoms with Gasteiger partial charge in [0.1, 0.15) is 10.6 Å². The number of para-hydroxylation sites is 1. The first-order valence-electron chi connectivity index (χ1n) is 8.56. The number of hydrogen-bond donors (Lipinski definition) is 2. The Morgan fingerprint density at radius 3 is 2.54 bits per heavy atom. The summed E-state index contributed by atoms with van der Waals surface area (Å²) >= 11 is 0.